The molecule has 104 valence electrons. The van der Waals surface area contributed by atoms with Crippen LogP contribution < -0.4 is 4.74 Å². The van der Waals surface area contributed by atoms with Crippen molar-refractivity contribution >= 4 is 0 Å². The highest BCUT2D eigenvalue weighted by molar-refractivity contribution is 5.45. The third-order valence-electron chi connectivity index (χ3n) is 2.51. The number of aliphatic hydroxyl groups excluding tert-OH is 1. The standard InChI is InChI=1S/C15H20O4/c1-17-9-4-10-19-12-14-11-15(18-2)7-6-13(14)5-3-8-16/h6-7,11,16H,4,8-10,12H2,1-2H3. The minimum atomic E-state index is -0.153. The molecule has 1 rings (SSSR count). The molecule has 0 saturated carbocycles. The molecule has 19 heavy (non-hydrogen) atoms. The molecule has 0 radical (unpaired) electrons. The van der Waals surface area contributed by atoms with Crippen LogP contribution in [0.3, 0.4) is 0 Å². The maximum Gasteiger partial charge on any atom is 0.119 e. The van der Waals surface area contributed by atoms with Crippen LogP contribution in [0.4, 0.5) is 0 Å². The summed E-state index contributed by atoms with van der Waals surface area (Å²) in [7, 11) is 3.29. The highest BCUT2D eigenvalue weighted by atomic mass is 16.5. The Hall–Kier alpha value is -1.54. The SMILES string of the molecule is COCCCOCc1cc(OC)ccc1C#CCO. The summed E-state index contributed by atoms with van der Waals surface area (Å²) in [4.78, 5) is 0. The Balaban J connectivity index is 2.66. The van der Waals surface area contributed by atoms with Gasteiger partial charge in [-0.15, -0.1) is 0 Å². The predicted molar refractivity (Wildman–Crippen MR) is 73.1 cm³/mol. The van der Waals surface area contributed by atoms with E-state index in [-0.39, 0.29) is 6.61 Å². The summed E-state index contributed by atoms with van der Waals surface area (Å²) < 4.78 is 15.7. The van der Waals surface area contributed by atoms with Gasteiger partial charge in [0.25, 0.3) is 0 Å². The minimum Gasteiger partial charge on any atom is -0.497 e. The second kappa shape index (κ2) is 9.40. The summed E-state index contributed by atoms with van der Waals surface area (Å²) in [6, 6.07) is 5.61. The predicted octanol–water partition coefficient (Wildman–Crippen LogP) is 1.59. The molecule has 0 aliphatic heterocycles. The Labute approximate surface area is 114 Å². The third kappa shape index (κ3) is 5.75. The van der Waals surface area contributed by atoms with Crippen LogP contribution in [0.25, 0.3) is 0 Å². The van der Waals surface area contributed by atoms with Crippen molar-refractivity contribution in [1.29, 1.82) is 0 Å². The van der Waals surface area contributed by atoms with Crippen LogP contribution in [0.15, 0.2) is 18.2 Å². The molecule has 0 atom stereocenters. The lowest BCUT2D eigenvalue weighted by atomic mass is 10.1. The van der Waals surface area contributed by atoms with E-state index < -0.39 is 0 Å². The Morgan fingerprint density at radius 3 is 2.74 bits per heavy atom. The summed E-state index contributed by atoms with van der Waals surface area (Å²) in [5, 5.41) is 8.75. The zero-order valence-corrected chi connectivity index (χ0v) is 11.4. The molecule has 1 aromatic carbocycles. The van der Waals surface area contributed by atoms with Gasteiger partial charge in [0.15, 0.2) is 0 Å². The van der Waals surface area contributed by atoms with Gasteiger partial charge < -0.3 is 19.3 Å². The quantitative estimate of drug-likeness (QED) is 0.600. The van der Waals surface area contributed by atoms with Gasteiger partial charge in [-0.3, -0.25) is 0 Å². The summed E-state index contributed by atoms with van der Waals surface area (Å²) in [5.74, 6) is 6.32. The van der Waals surface area contributed by atoms with Crippen molar-refractivity contribution in [1.82, 2.24) is 0 Å². The molecule has 1 aromatic rings. The third-order valence-corrected chi connectivity index (χ3v) is 2.51. The van der Waals surface area contributed by atoms with Gasteiger partial charge in [-0.05, 0) is 30.2 Å². The van der Waals surface area contributed by atoms with Gasteiger partial charge in [-0.2, -0.15) is 0 Å². The van der Waals surface area contributed by atoms with Gasteiger partial charge in [0.05, 0.1) is 13.7 Å². The van der Waals surface area contributed by atoms with Crippen molar-refractivity contribution in [2.45, 2.75) is 13.0 Å². The molecule has 0 saturated heterocycles. The first-order chi connectivity index (χ1) is 9.31. The Kier molecular flexibility index (Phi) is 7.68. The molecule has 0 fully saturated rings. The summed E-state index contributed by atoms with van der Waals surface area (Å²) in [6.07, 6.45) is 0.859. The summed E-state index contributed by atoms with van der Waals surface area (Å²) in [6.45, 7) is 1.64. The van der Waals surface area contributed by atoms with E-state index in [0.29, 0.717) is 19.8 Å². The van der Waals surface area contributed by atoms with Crippen molar-refractivity contribution in [3.8, 4) is 17.6 Å². The number of hydrogen-bond acceptors (Lipinski definition) is 4. The lowest BCUT2D eigenvalue weighted by Crippen LogP contribution is -2.01. The molecule has 0 aromatic heterocycles. The van der Waals surface area contributed by atoms with Gasteiger partial charge in [-0.25, -0.2) is 0 Å². The summed E-state index contributed by atoms with van der Waals surface area (Å²) >= 11 is 0. The number of rotatable bonds is 7. The largest absolute Gasteiger partial charge is 0.497 e. The van der Waals surface area contributed by atoms with Crippen LogP contribution in [0.1, 0.15) is 17.5 Å². The normalized spacial score (nSPS) is 9.84. The monoisotopic (exact) mass is 264 g/mol. The molecule has 4 heteroatoms. The van der Waals surface area contributed by atoms with Crippen LogP contribution in [0.2, 0.25) is 0 Å². The molecule has 0 heterocycles. The second-order valence-electron chi connectivity index (χ2n) is 3.88. The molecule has 1 N–H and O–H groups in total. The second-order valence-corrected chi connectivity index (χ2v) is 3.88. The van der Waals surface area contributed by atoms with Gasteiger partial charge >= 0.3 is 0 Å². The number of benzene rings is 1. The zero-order chi connectivity index (χ0) is 13.9. The number of aliphatic hydroxyl groups is 1. The topological polar surface area (TPSA) is 47.9 Å². The van der Waals surface area contributed by atoms with Crippen molar-refractivity contribution < 1.29 is 19.3 Å². The fourth-order valence-electron chi connectivity index (χ4n) is 1.56. The van der Waals surface area contributed by atoms with E-state index in [1.54, 1.807) is 14.2 Å². The van der Waals surface area contributed by atoms with Crippen molar-refractivity contribution in [2.75, 3.05) is 34.0 Å². The molecular formula is C15H20O4. The van der Waals surface area contributed by atoms with E-state index in [1.807, 2.05) is 18.2 Å². The first-order valence-corrected chi connectivity index (χ1v) is 6.15. The van der Waals surface area contributed by atoms with E-state index in [1.165, 1.54) is 0 Å². The van der Waals surface area contributed by atoms with Gasteiger partial charge in [0.2, 0.25) is 0 Å². The fraction of sp³-hybridized carbons (Fsp3) is 0.467. The van der Waals surface area contributed by atoms with Crippen molar-refractivity contribution in [2.24, 2.45) is 0 Å². The Bertz CT molecular complexity index is 432. The molecule has 4 nitrogen and oxygen atoms in total. The zero-order valence-electron chi connectivity index (χ0n) is 11.4. The van der Waals surface area contributed by atoms with Crippen molar-refractivity contribution in [3.63, 3.8) is 0 Å². The lowest BCUT2D eigenvalue weighted by molar-refractivity contribution is 0.0926. The van der Waals surface area contributed by atoms with Gasteiger partial charge in [0, 0.05) is 25.9 Å². The van der Waals surface area contributed by atoms with E-state index >= 15 is 0 Å². The highest BCUT2D eigenvalue weighted by Crippen LogP contribution is 2.18. The molecule has 0 bridgehead atoms. The smallest absolute Gasteiger partial charge is 0.119 e. The van der Waals surface area contributed by atoms with Crippen LogP contribution >= 0.6 is 0 Å². The van der Waals surface area contributed by atoms with Crippen molar-refractivity contribution in [3.05, 3.63) is 29.3 Å². The van der Waals surface area contributed by atoms with Gasteiger partial charge in [0.1, 0.15) is 12.4 Å². The number of methoxy groups -OCH3 is 2. The molecular weight excluding hydrogens is 244 g/mol. The van der Waals surface area contributed by atoms with Crippen LogP contribution in [-0.2, 0) is 16.1 Å². The average molecular weight is 264 g/mol. The van der Waals surface area contributed by atoms with Gasteiger partial charge in [-0.1, -0.05) is 11.8 Å². The van der Waals surface area contributed by atoms with E-state index in [2.05, 4.69) is 11.8 Å². The Morgan fingerprint density at radius 2 is 2.05 bits per heavy atom. The fourth-order valence-corrected chi connectivity index (χ4v) is 1.56. The molecule has 0 unspecified atom stereocenters. The molecule has 0 amide bonds. The van der Waals surface area contributed by atoms with E-state index in [4.69, 9.17) is 19.3 Å². The first-order valence-electron chi connectivity index (χ1n) is 6.15. The maximum absolute atomic E-state index is 8.75. The van der Waals surface area contributed by atoms with Crippen LogP contribution in [0.5, 0.6) is 5.75 Å². The Morgan fingerprint density at radius 1 is 1.21 bits per heavy atom. The lowest BCUT2D eigenvalue weighted by Gasteiger charge is -2.08. The highest BCUT2D eigenvalue weighted by Gasteiger charge is 2.03. The minimum absolute atomic E-state index is 0.153. The first kappa shape index (κ1) is 15.5. The summed E-state index contributed by atoms with van der Waals surface area (Å²) in [5.41, 5.74) is 1.80. The average Bonchev–Trinajstić information content (AvgIpc) is 2.45. The van der Waals surface area contributed by atoms with Crippen LogP contribution in [0, 0.1) is 11.8 Å². The van der Waals surface area contributed by atoms with E-state index in [9.17, 15) is 0 Å². The molecule has 0 aliphatic rings. The number of ether oxygens (including phenoxy) is 3. The van der Waals surface area contributed by atoms with E-state index in [0.717, 1.165) is 23.3 Å². The van der Waals surface area contributed by atoms with Crippen LogP contribution in [-0.4, -0.2) is 39.1 Å². The number of hydrogen-bond donors (Lipinski definition) is 1. The maximum atomic E-state index is 8.75. The molecule has 0 aliphatic carbocycles. The molecule has 0 spiro atoms.